The van der Waals surface area contributed by atoms with Crippen molar-refractivity contribution < 1.29 is 9.57 Å². The first kappa shape index (κ1) is 7.73. The van der Waals surface area contributed by atoms with E-state index in [9.17, 15) is 0 Å². The van der Waals surface area contributed by atoms with Crippen molar-refractivity contribution in [2.45, 2.75) is 19.8 Å². The van der Waals surface area contributed by atoms with Crippen molar-refractivity contribution in [1.29, 1.82) is 0 Å². The molecule has 0 saturated carbocycles. The molecule has 1 aromatic carbocycles. The highest BCUT2D eigenvalue weighted by Crippen LogP contribution is 2.23. The summed E-state index contributed by atoms with van der Waals surface area (Å²) in [6.45, 7) is 1.87. The van der Waals surface area contributed by atoms with E-state index in [4.69, 9.17) is 10.6 Å². The highest BCUT2D eigenvalue weighted by atomic mass is 16.6. The first-order chi connectivity index (χ1) is 5.92. The van der Waals surface area contributed by atoms with Gasteiger partial charge in [0.2, 0.25) is 0 Å². The molecular formula is C9H11NO2. The standard InChI is InChI=1S/C9H11NO2/c10-12-5-8-3-1-2-7-4-11-6-9(7)8/h1-3H,4-6,10H2. The molecule has 1 aliphatic heterocycles. The van der Waals surface area contributed by atoms with Crippen molar-refractivity contribution in [2.24, 2.45) is 5.90 Å². The predicted molar refractivity (Wildman–Crippen MR) is 43.9 cm³/mol. The molecule has 0 spiro atoms. The van der Waals surface area contributed by atoms with Crippen LogP contribution in [0.1, 0.15) is 16.7 Å². The highest BCUT2D eigenvalue weighted by molar-refractivity contribution is 5.35. The average molecular weight is 165 g/mol. The van der Waals surface area contributed by atoms with E-state index < -0.39 is 0 Å². The Bertz CT molecular complexity index is 286. The maximum Gasteiger partial charge on any atom is 0.0933 e. The van der Waals surface area contributed by atoms with Crippen LogP contribution in [0, 0.1) is 0 Å². The van der Waals surface area contributed by atoms with Gasteiger partial charge in [-0.1, -0.05) is 18.2 Å². The van der Waals surface area contributed by atoms with E-state index >= 15 is 0 Å². The van der Waals surface area contributed by atoms with Gasteiger partial charge in [0, 0.05) is 0 Å². The summed E-state index contributed by atoms with van der Waals surface area (Å²) in [5.41, 5.74) is 3.63. The van der Waals surface area contributed by atoms with E-state index in [0.717, 1.165) is 5.56 Å². The van der Waals surface area contributed by atoms with Crippen LogP contribution in [0.3, 0.4) is 0 Å². The van der Waals surface area contributed by atoms with E-state index in [-0.39, 0.29) is 0 Å². The van der Waals surface area contributed by atoms with E-state index in [1.165, 1.54) is 11.1 Å². The van der Waals surface area contributed by atoms with Crippen LogP contribution in [0.5, 0.6) is 0 Å². The Labute approximate surface area is 71.0 Å². The fourth-order valence-corrected chi connectivity index (χ4v) is 1.50. The van der Waals surface area contributed by atoms with E-state index in [1.807, 2.05) is 12.1 Å². The van der Waals surface area contributed by atoms with Crippen molar-refractivity contribution >= 4 is 0 Å². The van der Waals surface area contributed by atoms with Crippen molar-refractivity contribution in [3.63, 3.8) is 0 Å². The second kappa shape index (κ2) is 3.23. The molecule has 0 amide bonds. The predicted octanol–water partition coefficient (Wildman–Crippen LogP) is 1.11. The summed E-state index contributed by atoms with van der Waals surface area (Å²) in [7, 11) is 0. The smallest absolute Gasteiger partial charge is 0.0933 e. The van der Waals surface area contributed by atoms with Crippen LogP contribution < -0.4 is 5.90 Å². The largest absolute Gasteiger partial charge is 0.372 e. The monoisotopic (exact) mass is 165 g/mol. The third-order valence-corrected chi connectivity index (χ3v) is 2.11. The zero-order valence-corrected chi connectivity index (χ0v) is 6.75. The summed E-state index contributed by atoms with van der Waals surface area (Å²) in [5, 5.41) is 0. The molecule has 2 N–H and O–H groups in total. The summed E-state index contributed by atoms with van der Waals surface area (Å²) >= 11 is 0. The number of benzene rings is 1. The van der Waals surface area contributed by atoms with Crippen LogP contribution in [0.2, 0.25) is 0 Å². The summed E-state index contributed by atoms with van der Waals surface area (Å²) in [5.74, 6) is 5.01. The molecule has 0 atom stereocenters. The van der Waals surface area contributed by atoms with Crippen LogP contribution in [-0.2, 0) is 29.4 Å². The van der Waals surface area contributed by atoms with Gasteiger partial charge in [0.15, 0.2) is 0 Å². The number of rotatable bonds is 2. The normalized spacial score (nSPS) is 14.8. The summed E-state index contributed by atoms with van der Waals surface area (Å²) < 4.78 is 5.31. The third-order valence-electron chi connectivity index (χ3n) is 2.11. The van der Waals surface area contributed by atoms with Crippen LogP contribution in [0.15, 0.2) is 18.2 Å². The van der Waals surface area contributed by atoms with E-state index in [0.29, 0.717) is 19.8 Å². The van der Waals surface area contributed by atoms with Gasteiger partial charge in [-0.05, 0) is 16.7 Å². The molecule has 0 aliphatic carbocycles. The number of ether oxygens (including phenoxy) is 1. The van der Waals surface area contributed by atoms with Crippen LogP contribution >= 0.6 is 0 Å². The van der Waals surface area contributed by atoms with Gasteiger partial charge in [-0.15, -0.1) is 0 Å². The lowest BCUT2D eigenvalue weighted by atomic mass is 10.0. The van der Waals surface area contributed by atoms with Gasteiger partial charge >= 0.3 is 0 Å². The van der Waals surface area contributed by atoms with Gasteiger partial charge in [-0.3, -0.25) is 4.84 Å². The first-order valence-electron chi connectivity index (χ1n) is 3.91. The van der Waals surface area contributed by atoms with Crippen molar-refractivity contribution in [3.8, 4) is 0 Å². The fraction of sp³-hybridized carbons (Fsp3) is 0.333. The molecule has 3 heteroatoms. The highest BCUT2D eigenvalue weighted by Gasteiger charge is 2.13. The molecule has 2 rings (SSSR count). The van der Waals surface area contributed by atoms with Crippen LogP contribution in [-0.4, -0.2) is 0 Å². The summed E-state index contributed by atoms with van der Waals surface area (Å²) in [6.07, 6.45) is 0. The van der Waals surface area contributed by atoms with Crippen LogP contribution in [0.4, 0.5) is 0 Å². The molecule has 0 radical (unpaired) electrons. The Morgan fingerprint density at radius 3 is 3.17 bits per heavy atom. The lowest BCUT2D eigenvalue weighted by Gasteiger charge is -2.04. The zero-order valence-electron chi connectivity index (χ0n) is 6.75. The minimum atomic E-state index is 0.465. The molecule has 3 nitrogen and oxygen atoms in total. The Hall–Kier alpha value is -0.900. The molecule has 64 valence electrons. The van der Waals surface area contributed by atoms with Gasteiger partial charge in [0.1, 0.15) is 0 Å². The maximum atomic E-state index is 5.31. The molecule has 0 aromatic heterocycles. The molecule has 1 heterocycles. The second-order valence-electron chi connectivity index (χ2n) is 2.86. The lowest BCUT2D eigenvalue weighted by Crippen LogP contribution is -2.01. The van der Waals surface area contributed by atoms with Gasteiger partial charge in [0.25, 0.3) is 0 Å². The maximum absolute atomic E-state index is 5.31. The molecule has 0 bridgehead atoms. The molecule has 0 unspecified atom stereocenters. The quantitative estimate of drug-likeness (QED) is 0.667. The summed E-state index contributed by atoms with van der Waals surface area (Å²) in [6, 6.07) is 6.09. The Balaban J connectivity index is 2.36. The fourth-order valence-electron chi connectivity index (χ4n) is 1.50. The second-order valence-corrected chi connectivity index (χ2v) is 2.86. The van der Waals surface area contributed by atoms with E-state index in [2.05, 4.69) is 10.9 Å². The number of fused-ring (bicyclic) bond motifs is 1. The van der Waals surface area contributed by atoms with Gasteiger partial charge < -0.3 is 4.74 Å². The minimum Gasteiger partial charge on any atom is -0.372 e. The molecule has 0 fully saturated rings. The number of nitrogens with two attached hydrogens (primary N) is 1. The topological polar surface area (TPSA) is 44.5 Å². The number of hydrogen-bond donors (Lipinski definition) is 1. The molecular weight excluding hydrogens is 154 g/mol. The van der Waals surface area contributed by atoms with E-state index in [1.54, 1.807) is 0 Å². The van der Waals surface area contributed by atoms with Crippen LogP contribution in [0.25, 0.3) is 0 Å². The van der Waals surface area contributed by atoms with Gasteiger partial charge in [-0.25, -0.2) is 5.90 Å². The molecule has 12 heavy (non-hydrogen) atoms. The Morgan fingerprint density at radius 1 is 1.42 bits per heavy atom. The number of hydrogen-bond acceptors (Lipinski definition) is 3. The minimum absolute atomic E-state index is 0.465. The average Bonchev–Trinajstić information content (AvgIpc) is 2.53. The SMILES string of the molecule is NOCc1cccc2c1COC2. The molecule has 0 saturated heterocycles. The van der Waals surface area contributed by atoms with Crippen molar-refractivity contribution in [1.82, 2.24) is 0 Å². The van der Waals surface area contributed by atoms with Gasteiger partial charge in [-0.2, -0.15) is 0 Å². The first-order valence-corrected chi connectivity index (χ1v) is 3.91. The molecule has 1 aromatic rings. The Morgan fingerprint density at radius 2 is 2.33 bits per heavy atom. The summed E-state index contributed by atoms with van der Waals surface area (Å²) in [4.78, 5) is 4.60. The van der Waals surface area contributed by atoms with Crippen molar-refractivity contribution in [2.75, 3.05) is 0 Å². The van der Waals surface area contributed by atoms with Crippen molar-refractivity contribution in [3.05, 3.63) is 34.9 Å². The van der Waals surface area contributed by atoms with Gasteiger partial charge in [0.05, 0.1) is 19.8 Å². The third kappa shape index (κ3) is 1.22. The molecule has 1 aliphatic rings. The lowest BCUT2D eigenvalue weighted by molar-refractivity contribution is 0.118. The zero-order chi connectivity index (χ0) is 8.39. The Kier molecular flexibility index (Phi) is 2.08.